The molecule has 106 valence electrons. The summed E-state index contributed by atoms with van der Waals surface area (Å²) in [5, 5.41) is 0. The molecule has 0 aliphatic rings. The number of hydrogen-bond donors (Lipinski definition) is 1. The molecular formula is C14H13F2NO2S. The summed E-state index contributed by atoms with van der Waals surface area (Å²) in [5.74, 6) is -1.95. The maximum atomic E-state index is 13.6. The van der Waals surface area contributed by atoms with E-state index in [4.69, 9.17) is 0 Å². The Balaban J connectivity index is 2.41. The summed E-state index contributed by atoms with van der Waals surface area (Å²) in [5.41, 5.74) is 2.06. The van der Waals surface area contributed by atoms with Crippen LogP contribution in [0.3, 0.4) is 0 Å². The summed E-state index contributed by atoms with van der Waals surface area (Å²) >= 11 is 0. The van der Waals surface area contributed by atoms with Gasteiger partial charge in [0.2, 0.25) is 0 Å². The van der Waals surface area contributed by atoms with Gasteiger partial charge >= 0.3 is 0 Å². The summed E-state index contributed by atoms with van der Waals surface area (Å²) in [6.45, 7) is 3.62. The van der Waals surface area contributed by atoms with Gasteiger partial charge in [-0.15, -0.1) is 0 Å². The third-order valence-electron chi connectivity index (χ3n) is 2.81. The molecule has 2 rings (SSSR count). The number of aryl methyl sites for hydroxylation is 2. The molecule has 3 nitrogen and oxygen atoms in total. The Labute approximate surface area is 116 Å². The van der Waals surface area contributed by atoms with Crippen molar-refractivity contribution in [3.05, 3.63) is 59.2 Å². The van der Waals surface area contributed by atoms with Crippen LogP contribution in [0.25, 0.3) is 0 Å². The van der Waals surface area contributed by atoms with Gasteiger partial charge in [0.1, 0.15) is 16.5 Å². The predicted molar refractivity (Wildman–Crippen MR) is 73.1 cm³/mol. The number of sulfonamides is 1. The zero-order valence-electron chi connectivity index (χ0n) is 10.9. The fourth-order valence-electron chi connectivity index (χ4n) is 1.82. The van der Waals surface area contributed by atoms with Crippen LogP contribution >= 0.6 is 0 Å². The first-order valence-electron chi connectivity index (χ1n) is 5.85. The first-order chi connectivity index (χ1) is 9.29. The Morgan fingerprint density at radius 2 is 1.70 bits per heavy atom. The highest BCUT2D eigenvalue weighted by molar-refractivity contribution is 7.92. The minimum atomic E-state index is -4.09. The van der Waals surface area contributed by atoms with E-state index in [1.165, 1.54) is 0 Å². The third kappa shape index (κ3) is 2.96. The Morgan fingerprint density at radius 1 is 1.00 bits per heavy atom. The van der Waals surface area contributed by atoms with E-state index >= 15 is 0 Å². The van der Waals surface area contributed by atoms with Crippen LogP contribution in [0.4, 0.5) is 14.5 Å². The van der Waals surface area contributed by atoms with Crippen molar-refractivity contribution in [2.24, 2.45) is 0 Å². The van der Waals surface area contributed by atoms with Crippen molar-refractivity contribution in [2.45, 2.75) is 18.7 Å². The van der Waals surface area contributed by atoms with E-state index in [1.807, 2.05) is 6.92 Å². The number of halogens is 2. The Hall–Kier alpha value is -1.95. The molecular weight excluding hydrogens is 284 g/mol. The van der Waals surface area contributed by atoms with Crippen LogP contribution in [0.1, 0.15) is 11.1 Å². The maximum absolute atomic E-state index is 13.6. The summed E-state index contributed by atoms with van der Waals surface area (Å²) in [7, 11) is -4.09. The second-order valence-electron chi connectivity index (χ2n) is 4.50. The van der Waals surface area contributed by atoms with E-state index < -0.39 is 26.6 Å². The summed E-state index contributed by atoms with van der Waals surface area (Å²) in [6, 6.07) is 7.49. The lowest BCUT2D eigenvalue weighted by atomic mass is 10.1. The van der Waals surface area contributed by atoms with Crippen LogP contribution in [0.2, 0.25) is 0 Å². The molecule has 0 amide bonds. The Bertz CT molecular complexity index is 758. The molecule has 2 aromatic carbocycles. The Morgan fingerprint density at radius 3 is 2.30 bits per heavy atom. The van der Waals surface area contributed by atoms with Gasteiger partial charge in [-0.1, -0.05) is 17.7 Å². The molecule has 20 heavy (non-hydrogen) atoms. The van der Waals surface area contributed by atoms with Gasteiger partial charge in [-0.25, -0.2) is 17.2 Å². The van der Waals surface area contributed by atoms with Crippen molar-refractivity contribution in [3.8, 4) is 0 Å². The van der Waals surface area contributed by atoms with E-state index in [9.17, 15) is 17.2 Å². The van der Waals surface area contributed by atoms with E-state index in [0.717, 1.165) is 23.3 Å². The van der Waals surface area contributed by atoms with Crippen LogP contribution in [0.15, 0.2) is 41.3 Å². The second-order valence-corrected chi connectivity index (χ2v) is 6.15. The molecule has 0 aromatic heterocycles. The lowest BCUT2D eigenvalue weighted by Gasteiger charge is -2.11. The van der Waals surface area contributed by atoms with E-state index in [0.29, 0.717) is 11.8 Å². The van der Waals surface area contributed by atoms with Gasteiger partial charge in [0.05, 0.1) is 5.69 Å². The lowest BCUT2D eigenvalue weighted by molar-refractivity contribution is 0.551. The van der Waals surface area contributed by atoms with Crippen LogP contribution in [-0.2, 0) is 10.0 Å². The van der Waals surface area contributed by atoms with E-state index in [-0.39, 0.29) is 0 Å². The fourth-order valence-corrected chi connectivity index (χ4v) is 3.01. The highest BCUT2D eigenvalue weighted by Crippen LogP contribution is 2.22. The van der Waals surface area contributed by atoms with Crippen molar-refractivity contribution in [1.82, 2.24) is 0 Å². The summed E-state index contributed by atoms with van der Waals surface area (Å²) < 4.78 is 52.9. The van der Waals surface area contributed by atoms with Crippen molar-refractivity contribution < 1.29 is 17.2 Å². The van der Waals surface area contributed by atoms with Gasteiger partial charge in [0.15, 0.2) is 0 Å². The third-order valence-corrected chi connectivity index (χ3v) is 4.21. The van der Waals surface area contributed by atoms with Gasteiger partial charge in [0, 0.05) is 6.07 Å². The van der Waals surface area contributed by atoms with Crippen LogP contribution < -0.4 is 4.72 Å². The predicted octanol–water partition coefficient (Wildman–Crippen LogP) is 3.38. The number of hydrogen-bond acceptors (Lipinski definition) is 2. The van der Waals surface area contributed by atoms with Crippen LogP contribution in [-0.4, -0.2) is 8.42 Å². The summed E-state index contributed by atoms with van der Waals surface area (Å²) in [6.07, 6.45) is 0. The number of rotatable bonds is 3. The van der Waals surface area contributed by atoms with Crippen LogP contribution in [0.5, 0.6) is 0 Å². The zero-order valence-corrected chi connectivity index (χ0v) is 11.8. The molecule has 0 radical (unpaired) electrons. The maximum Gasteiger partial charge on any atom is 0.264 e. The molecule has 0 spiro atoms. The number of nitrogens with one attached hydrogen (secondary N) is 1. The molecule has 6 heteroatoms. The monoisotopic (exact) mass is 297 g/mol. The molecule has 0 bridgehead atoms. The first kappa shape index (κ1) is 14.5. The molecule has 0 fully saturated rings. The van der Waals surface area contributed by atoms with Gasteiger partial charge in [-0.05, 0) is 37.6 Å². The van der Waals surface area contributed by atoms with E-state index in [1.54, 1.807) is 25.1 Å². The Kier molecular flexibility index (Phi) is 3.76. The molecule has 0 saturated heterocycles. The quantitative estimate of drug-likeness (QED) is 0.944. The normalized spacial score (nSPS) is 11.4. The first-order valence-corrected chi connectivity index (χ1v) is 7.33. The minimum absolute atomic E-state index is 0.360. The molecule has 1 N–H and O–H groups in total. The lowest BCUT2D eigenvalue weighted by Crippen LogP contribution is -2.15. The highest BCUT2D eigenvalue weighted by atomic mass is 32.2. The highest BCUT2D eigenvalue weighted by Gasteiger charge is 2.20. The molecule has 0 unspecified atom stereocenters. The topological polar surface area (TPSA) is 46.2 Å². The van der Waals surface area contributed by atoms with Gasteiger partial charge in [-0.2, -0.15) is 0 Å². The number of benzene rings is 2. The molecule has 0 aliphatic heterocycles. The SMILES string of the molecule is Cc1ccc(NS(=O)(=O)c2ccc(F)cc2F)c(C)c1. The molecule has 0 heterocycles. The van der Waals surface area contributed by atoms with Crippen molar-refractivity contribution in [1.29, 1.82) is 0 Å². The van der Waals surface area contributed by atoms with Crippen molar-refractivity contribution in [3.63, 3.8) is 0 Å². The average Bonchev–Trinajstić information content (AvgIpc) is 2.32. The molecule has 0 saturated carbocycles. The molecule has 0 aliphatic carbocycles. The number of anilines is 1. The van der Waals surface area contributed by atoms with Gasteiger partial charge in [0.25, 0.3) is 10.0 Å². The minimum Gasteiger partial charge on any atom is -0.279 e. The molecule has 0 atom stereocenters. The average molecular weight is 297 g/mol. The van der Waals surface area contributed by atoms with Crippen molar-refractivity contribution in [2.75, 3.05) is 4.72 Å². The fraction of sp³-hybridized carbons (Fsp3) is 0.143. The largest absolute Gasteiger partial charge is 0.279 e. The van der Waals surface area contributed by atoms with Gasteiger partial charge in [-0.3, -0.25) is 4.72 Å². The standard InChI is InChI=1S/C14H13F2NO2S/c1-9-3-5-13(10(2)7-9)17-20(18,19)14-6-4-11(15)8-12(14)16/h3-8,17H,1-2H3. The van der Waals surface area contributed by atoms with E-state index in [2.05, 4.69) is 4.72 Å². The zero-order chi connectivity index (χ0) is 14.9. The van der Waals surface area contributed by atoms with Crippen LogP contribution in [0, 0.1) is 25.5 Å². The summed E-state index contributed by atoms with van der Waals surface area (Å²) in [4.78, 5) is -0.584. The second kappa shape index (κ2) is 5.20. The smallest absolute Gasteiger partial charge is 0.264 e. The molecule has 2 aromatic rings. The van der Waals surface area contributed by atoms with Crippen molar-refractivity contribution >= 4 is 15.7 Å². The van der Waals surface area contributed by atoms with Gasteiger partial charge < -0.3 is 0 Å².